The average Bonchev–Trinajstić information content (AvgIpc) is 2.37. The second kappa shape index (κ2) is 6.70. The predicted molar refractivity (Wildman–Crippen MR) is 64.8 cm³/mol. The minimum absolute atomic E-state index is 0.105. The molecule has 0 saturated heterocycles. The number of ether oxygens (including phenoxy) is 3. The summed E-state index contributed by atoms with van der Waals surface area (Å²) in [5, 5.41) is 9.10. The molecule has 0 aromatic heterocycles. The number of primary amides is 1. The quantitative estimate of drug-likeness (QED) is 0.738. The van der Waals surface area contributed by atoms with E-state index in [-0.39, 0.29) is 19.6 Å². The molecule has 1 aromatic carbocycles. The first kappa shape index (κ1) is 14.1. The molecule has 6 nitrogen and oxygen atoms in total. The van der Waals surface area contributed by atoms with Crippen molar-refractivity contribution in [1.29, 1.82) is 0 Å². The molecule has 1 amide bonds. The van der Waals surface area contributed by atoms with Gasteiger partial charge in [-0.05, 0) is 17.7 Å². The number of hydrogen-bond acceptors (Lipinski definition) is 5. The zero-order chi connectivity index (χ0) is 13.5. The summed E-state index contributed by atoms with van der Waals surface area (Å²) in [5.41, 5.74) is 5.67. The topological polar surface area (TPSA) is 91.0 Å². The third-order valence-corrected chi connectivity index (χ3v) is 2.30. The molecule has 100 valence electrons. The lowest BCUT2D eigenvalue weighted by Crippen LogP contribution is -2.15. The number of benzene rings is 1. The maximum absolute atomic E-state index is 10.6. The highest BCUT2D eigenvalue weighted by Crippen LogP contribution is 2.38. The molecule has 0 aliphatic carbocycles. The maximum atomic E-state index is 10.6. The van der Waals surface area contributed by atoms with E-state index in [2.05, 4.69) is 0 Å². The smallest absolute Gasteiger partial charge is 0.220 e. The molecule has 18 heavy (non-hydrogen) atoms. The summed E-state index contributed by atoms with van der Waals surface area (Å²) in [5.74, 6) is 0.809. The molecule has 0 heterocycles. The molecule has 0 saturated carbocycles. The molecular weight excluding hydrogens is 238 g/mol. The number of aliphatic hydroxyl groups excluding tert-OH is 1. The van der Waals surface area contributed by atoms with E-state index in [1.54, 1.807) is 12.1 Å². The van der Waals surface area contributed by atoms with Crippen molar-refractivity contribution in [3.63, 3.8) is 0 Å². The van der Waals surface area contributed by atoms with Crippen LogP contribution in [0, 0.1) is 0 Å². The first-order chi connectivity index (χ1) is 8.62. The van der Waals surface area contributed by atoms with Crippen LogP contribution in [0.2, 0.25) is 0 Å². The fourth-order valence-corrected chi connectivity index (χ4v) is 1.42. The third-order valence-electron chi connectivity index (χ3n) is 2.30. The molecule has 6 heteroatoms. The number of rotatable bonds is 7. The molecule has 0 fully saturated rings. The summed E-state index contributed by atoms with van der Waals surface area (Å²) in [6.07, 6.45) is 0.105. The van der Waals surface area contributed by atoms with Gasteiger partial charge in [0.1, 0.15) is 0 Å². The van der Waals surface area contributed by atoms with Gasteiger partial charge in [-0.2, -0.15) is 0 Å². The monoisotopic (exact) mass is 255 g/mol. The van der Waals surface area contributed by atoms with Gasteiger partial charge in [0, 0.05) is 0 Å². The van der Waals surface area contributed by atoms with Crippen LogP contribution < -0.4 is 19.9 Å². The van der Waals surface area contributed by atoms with E-state index < -0.39 is 5.91 Å². The third kappa shape index (κ3) is 3.53. The van der Waals surface area contributed by atoms with E-state index >= 15 is 0 Å². The van der Waals surface area contributed by atoms with Crippen LogP contribution in [0.3, 0.4) is 0 Å². The van der Waals surface area contributed by atoms with Crippen LogP contribution in [0.15, 0.2) is 12.1 Å². The average molecular weight is 255 g/mol. The van der Waals surface area contributed by atoms with Crippen molar-refractivity contribution in [3.05, 3.63) is 17.7 Å². The lowest BCUT2D eigenvalue weighted by molar-refractivity contribution is -0.118. The van der Waals surface area contributed by atoms with E-state index in [1.807, 2.05) is 0 Å². The van der Waals surface area contributed by atoms with Crippen molar-refractivity contribution < 1.29 is 24.1 Å². The van der Waals surface area contributed by atoms with Crippen LogP contribution in [0.25, 0.3) is 0 Å². The molecule has 0 unspecified atom stereocenters. The summed E-state index contributed by atoms with van der Waals surface area (Å²) in [6.45, 7) is 0.00874. The number of hydrogen-bond donors (Lipinski definition) is 2. The summed E-state index contributed by atoms with van der Waals surface area (Å²) < 4.78 is 15.7. The second-order valence-electron chi connectivity index (χ2n) is 3.55. The Morgan fingerprint density at radius 2 is 1.83 bits per heavy atom. The normalized spacial score (nSPS) is 9.94. The van der Waals surface area contributed by atoms with Crippen LogP contribution in [0.1, 0.15) is 12.0 Å². The number of aliphatic hydroxyl groups is 1. The van der Waals surface area contributed by atoms with Crippen LogP contribution in [0.5, 0.6) is 17.2 Å². The van der Waals surface area contributed by atoms with Gasteiger partial charge in [-0.1, -0.05) is 0 Å². The molecule has 0 atom stereocenters. The molecule has 1 aromatic rings. The number of amides is 1. The van der Waals surface area contributed by atoms with E-state index in [1.165, 1.54) is 14.2 Å². The maximum Gasteiger partial charge on any atom is 0.220 e. The molecule has 0 spiro atoms. The Balaban J connectivity index is 2.95. The SMILES string of the molecule is COc1cc(CO)cc(OC)c1OCCC(N)=O. The molecule has 3 N–H and O–H groups in total. The fourth-order valence-electron chi connectivity index (χ4n) is 1.42. The van der Waals surface area contributed by atoms with E-state index in [0.717, 1.165) is 0 Å². The Morgan fingerprint density at radius 3 is 2.22 bits per heavy atom. The lowest BCUT2D eigenvalue weighted by atomic mass is 10.2. The minimum atomic E-state index is -0.445. The van der Waals surface area contributed by atoms with Crippen molar-refractivity contribution in [2.75, 3.05) is 20.8 Å². The van der Waals surface area contributed by atoms with Crippen LogP contribution in [-0.2, 0) is 11.4 Å². The van der Waals surface area contributed by atoms with Crippen molar-refractivity contribution in [3.8, 4) is 17.2 Å². The molecule has 0 radical (unpaired) electrons. The van der Waals surface area contributed by atoms with Crippen molar-refractivity contribution >= 4 is 5.91 Å². The number of methoxy groups -OCH3 is 2. The minimum Gasteiger partial charge on any atom is -0.493 e. The van der Waals surface area contributed by atoms with Crippen LogP contribution >= 0.6 is 0 Å². The standard InChI is InChI=1S/C12H17NO5/c1-16-9-5-8(7-14)6-10(17-2)12(9)18-4-3-11(13)15/h5-6,14H,3-4,7H2,1-2H3,(H2,13,15). The Morgan fingerprint density at radius 1 is 1.28 bits per heavy atom. The number of nitrogens with two attached hydrogens (primary N) is 1. The van der Waals surface area contributed by atoms with Gasteiger partial charge >= 0.3 is 0 Å². The highest BCUT2D eigenvalue weighted by molar-refractivity contribution is 5.73. The second-order valence-corrected chi connectivity index (χ2v) is 3.55. The highest BCUT2D eigenvalue weighted by atomic mass is 16.5. The Bertz CT molecular complexity index is 394. The Labute approximate surface area is 105 Å². The van der Waals surface area contributed by atoms with Crippen LogP contribution in [0.4, 0.5) is 0 Å². The predicted octanol–water partition coefficient (Wildman–Crippen LogP) is 0.450. The Kier molecular flexibility index (Phi) is 5.26. The first-order valence-corrected chi connectivity index (χ1v) is 5.39. The molecule has 1 rings (SSSR count). The van der Waals surface area contributed by atoms with E-state index in [9.17, 15) is 4.79 Å². The summed E-state index contributed by atoms with van der Waals surface area (Å²) in [6, 6.07) is 3.28. The number of carbonyl (C=O) groups is 1. The van der Waals surface area contributed by atoms with Crippen molar-refractivity contribution in [1.82, 2.24) is 0 Å². The first-order valence-electron chi connectivity index (χ1n) is 5.39. The summed E-state index contributed by atoms with van der Waals surface area (Å²) in [7, 11) is 2.97. The van der Waals surface area contributed by atoms with Crippen molar-refractivity contribution in [2.45, 2.75) is 13.0 Å². The van der Waals surface area contributed by atoms with E-state index in [4.69, 9.17) is 25.1 Å². The summed E-state index contributed by atoms with van der Waals surface area (Å²) in [4.78, 5) is 10.6. The molecule has 0 aliphatic rings. The fraction of sp³-hybridized carbons (Fsp3) is 0.417. The highest BCUT2D eigenvalue weighted by Gasteiger charge is 2.14. The molecular formula is C12H17NO5. The van der Waals surface area contributed by atoms with Gasteiger partial charge in [0.05, 0.1) is 33.9 Å². The zero-order valence-corrected chi connectivity index (χ0v) is 10.4. The summed E-state index contributed by atoms with van der Waals surface area (Å²) >= 11 is 0. The zero-order valence-electron chi connectivity index (χ0n) is 10.4. The van der Waals surface area contributed by atoms with Gasteiger partial charge in [-0.25, -0.2) is 0 Å². The molecule has 0 bridgehead atoms. The van der Waals surface area contributed by atoms with Gasteiger partial charge in [-0.3, -0.25) is 4.79 Å². The van der Waals surface area contributed by atoms with Gasteiger partial charge < -0.3 is 25.1 Å². The van der Waals surface area contributed by atoms with Crippen LogP contribution in [-0.4, -0.2) is 31.8 Å². The van der Waals surface area contributed by atoms with Gasteiger partial charge in [0.25, 0.3) is 0 Å². The largest absolute Gasteiger partial charge is 0.493 e. The van der Waals surface area contributed by atoms with Gasteiger partial charge in [0.2, 0.25) is 11.7 Å². The lowest BCUT2D eigenvalue weighted by Gasteiger charge is -2.15. The van der Waals surface area contributed by atoms with Gasteiger partial charge in [-0.15, -0.1) is 0 Å². The van der Waals surface area contributed by atoms with E-state index in [0.29, 0.717) is 22.8 Å². The molecule has 0 aliphatic heterocycles. The van der Waals surface area contributed by atoms with Crippen molar-refractivity contribution in [2.24, 2.45) is 5.73 Å². The number of carbonyl (C=O) groups excluding carboxylic acids is 1. The Hall–Kier alpha value is -1.95. The van der Waals surface area contributed by atoms with Gasteiger partial charge in [0.15, 0.2) is 11.5 Å².